The van der Waals surface area contributed by atoms with E-state index in [9.17, 15) is 0 Å². The summed E-state index contributed by atoms with van der Waals surface area (Å²) in [5.74, 6) is 0. The highest BCUT2D eigenvalue weighted by Crippen LogP contribution is 2.42. The Bertz CT molecular complexity index is 512. The Morgan fingerprint density at radius 3 is 3.11 bits per heavy atom. The van der Waals surface area contributed by atoms with Crippen LogP contribution < -0.4 is 5.06 Å². The number of hydrogen-bond donors (Lipinski definition) is 0. The van der Waals surface area contributed by atoms with E-state index in [0.717, 1.165) is 29.8 Å². The molecule has 1 aromatic rings. The molecule has 3 heteroatoms. The Morgan fingerprint density at radius 2 is 2.32 bits per heavy atom. The van der Waals surface area contributed by atoms with Crippen LogP contribution in [0.15, 0.2) is 24.3 Å². The summed E-state index contributed by atoms with van der Waals surface area (Å²) in [5.41, 5.74) is 3.69. The van der Waals surface area contributed by atoms with Crippen molar-refractivity contribution in [3.8, 4) is 0 Å². The smallest absolute Gasteiger partial charge is 0.0921 e. The van der Waals surface area contributed by atoms with Crippen LogP contribution in [-0.2, 0) is 11.3 Å². The van der Waals surface area contributed by atoms with Crippen LogP contribution in [0.25, 0.3) is 0 Å². The molecular weight excluding hydrogens is 258 g/mol. The second-order valence-corrected chi connectivity index (χ2v) is 5.86. The van der Waals surface area contributed by atoms with Crippen LogP contribution in [0.5, 0.6) is 0 Å². The quantitative estimate of drug-likeness (QED) is 0.758. The van der Waals surface area contributed by atoms with Crippen molar-refractivity contribution in [2.75, 3.05) is 5.06 Å². The van der Waals surface area contributed by atoms with Crippen molar-refractivity contribution in [2.45, 2.75) is 51.7 Å². The molecule has 1 saturated heterocycles. The molecule has 102 valence electrons. The number of allylic oxidation sites excluding steroid dienone is 1. The first kappa shape index (κ1) is 13.0. The lowest BCUT2D eigenvalue weighted by atomic mass is 10.0. The molecule has 19 heavy (non-hydrogen) atoms. The maximum atomic E-state index is 6.26. The maximum Gasteiger partial charge on any atom is 0.0921 e. The zero-order chi connectivity index (χ0) is 13.4. The van der Waals surface area contributed by atoms with Crippen molar-refractivity contribution in [3.63, 3.8) is 0 Å². The van der Waals surface area contributed by atoms with Gasteiger partial charge in [0.05, 0.1) is 17.8 Å². The van der Waals surface area contributed by atoms with Crippen molar-refractivity contribution in [1.82, 2.24) is 0 Å². The van der Waals surface area contributed by atoms with Crippen LogP contribution in [0.2, 0.25) is 5.02 Å². The third-order valence-corrected chi connectivity index (χ3v) is 4.41. The number of nitrogens with zero attached hydrogens (tertiary/aromatic N) is 1. The standard InChI is InChI=1S/C16H20ClNO/c1-3-4-5-6-13-10-14-9-12-7-8-15(17)11(2)16(12)18(13)19-14/h5-8,13-14H,3-4,9-10H2,1-2H3/b6-5+/t13-,14-/m1/s1. The fourth-order valence-electron chi connectivity index (χ4n) is 3.01. The first-order valence-corrected chi connectivity index (χ1v) is 7.49. The normalized spacial score (nSPS) is 25.1. The SMILES string of the molecule is CCC/C=C/[C@@H]1C[C@H]2Cc3ccc(Cl)c(C)c3N1O2. The maximum absolute atomic E-state index is 6.26. The van der Waals surface area contributed by atoms with Gasteiger partial charge < -0.3 is 0 Å². The minimum Gasteiger partial charge on any atom is -0.269 e. The summed E-state index contributed by atoms with van der Waals surface area (Å²) in [7, 11) is 0. The summed E-state index contributed by atoms with van der Waals surface area (Å²) in [4.78, 5) is 6.03. The van der Waals surface area contributed by atoms with Crippen molar-refractivity contribution < 1.29 is 4.84 Å². The summed E-state index contributed by atoms with van der Waals surface area (Å²) in [5, 5.41) is 2.90. The second-order valence-electron chi connectivity index (χ2n) is 5.46. The molecule has 0 spiro atoms. The number of rotatable bonds is 3. The van der Waals surface area contributed by atoms with Gasteiger partial charge in [0.2, 0.25) is 0 Å². The average Bonchev–Trinajstić information content (AvgIpc) is 2.72. The van der Waals surface area contributed by atoms with Crippen LogP contribution in [0, 0.1) is 6.92 Å². The molecular formula is C16H20ClNO. The van der Waals surface area contributed by atoms with Gasteiger partial charge in [-0.3, -0.25) is 4.84 Å². The molecule has 0 amide bonds. The molecule has 3 rings (SSSR count). The number of hydroxylamine groups is 1. The molecule has 0 radical (unpaired) electrons. The zero-order valence-electron chi connectivity index (χ0n) is 11.5. The lowest BCUT2D eigenvalue weighted by Gasteiger charge is -2.31. The molecule has 2 atom stereocenters. The van der Waals surface area contributed by atoms with Crippen molar-refractivity contribution in [1.29, 1.82) is 0 Å². The fourth-order valence-corrected chi connectivity index (χ4v) is 3.16. The van der Waals surface area contributed by atoms with Crippen molar-refractivity contribution in [3.05, 3.63) is 40.4 Å². The molecule has 0 saturated carbocycles. The number of unbranched alkanes of at least 4 members (excludes halogenated alkanes) is 1. The number of halogens is 1. The largest absolute Gasteiger partial charge is 0.269 e. The van der Waals surface area contributed by atoms with Crippen LogP contribution in [0.4, 0.5) is 5.69 Å². The minimum absolute atomic E-state index is 0.323. The Hall–Kier alpha value is -0.990. The van der Waals surface area contributed by atoms with Gasteiger partial charge >= 0.3 is 0 Å². The molecule has 2 aliphatic rings. The lowest BCUT2D eigenvalue weighted by Crippen LogP contribution is -2.31. The number of benzene rings is 1. The first-order valence-electron chi connectivity index (χ1n) is 7.11. The van der Waals surface area contributed by atoms with E-state index in [1.54, 1.807) is 0 Å². The van der Waals surface area contributed by atoms with Crippen LogP contribution in [0.3, 0.4) is 0 Å². The Morgan fingerprint density at radius 1 is 1.47 bits per heavy atom. The molecule has 2 heterocycles. The topological polar surface area (TPSA) is 12.5 Å². The number of anilines is 1. The van der Waals surface area contributed by atoms with E-state index in [4.69, 9.17) is 16.4 Å². The van der Waals surface area contributed by atoms with E-state index in [0.29, 0.717) is 12.1 Å². The predicted molar refractivity (Wildman–Crippen MR) is 79.7 cm³/mol. The minimum atomic E-state index is 0.323. The van der Waals surface area contributed by atoms with Gasteiger partial charge in [0.1, 0.15) is 0 Å². The number of hydrogen-bond acceptors (Lipinski definition) is 2. The Labute approximate surface area is 120 Å². The van der Waals surface area contributed by atoms with Crippen molar-refractivity contribution >= 4 is 17.3 Å². The van der Waals surface area contributed by atoms with Gasteiger partial charge in [-0.05, 0) is 30.5 Å². The lowest BCUT2D eigenvalue weighted by molar-refractivity contribution is 0.0750. The molecule has 2 aliphatic heterocycles. The molecule has 0 N–H and O–H groups in total. The van der Waals surface area contributed by atoms with E-state index in [1.165, 1.54) is 17.7 Å². The predicted octanol–water partition coefficient (Wildman–Crippen LogP) is 4.44. The summed E-state index contributed by atoms with van der Waals surface area (Å²) < 4.78 is 0. The molecule has 2 nitrogen and oxygen atoms in total. The van der Waals surface area contributed by atoms with Gasteiger partial charge in [-0.2, -0.15) is 0 Å². The monoisotopic (exact) mass is 277 g/mol. The first-order chi connectivity index (χ1) is 9.20. The summed E-state index contributed by atoms with van der Waals surface area (Å²) in [6.07, 6.45) is 9.29. The van der Waals surface area contributed by atoms with E-state index in [-0.39, 0.29) is 0 Å². The summed E-state index contributed by atoms with van der Waals surface area (Å²) >= 11 is 6.26. The van der Waals surface area contributed by atoms with Crippen LogP contribution in [0.1, 0.15) is 37.3 Å². The highest BCUT2D eigenvalue weighted by Gasteiger charge is 2.39. The molecule has 0 unspecified atom stereocenters. The Kier molecular flexibility index (Phi) is 3.55. The highest BCUT2D eigenvalue weighted by atomic mass is 35.5. The number of fused-ring (bicyclic) bond motifs is 4. The second kappa shape index (κ2) is 5.18. The van der Waals surface area contributed by atoms with Gasteiger partial charge in [-0.1, -0.05) is 43.2 Å². The molecule has 1 aromatic carbocycles. The van der Waals surface area contributed by atoms with Gasteiger partial charge in [0.15, 0.2) is 0 Å². The molecule has 0 aromatic heterocycles. The Balaban J connectivity index is 1.94. The molecule has 1 fully saturated rings. The zero-order valence-corrected chi connectivity index (χ0v) is 12.3. The van der Waals surface area contributed by atoms with Gasteiger partial charge in [0, 0.05) is 17.9 Å². The van der Waals surface area contributed by atoms with E-state index < -0.39 is 0 Å². The van der Waals surface area contributed by atoms with Gasteiger partial charge in [-0.15, -0.1) is 0 Å². The van der Waals surface area contributed by atoms with Gasteiger partial charge in [0.25, 0.3) is 0 Å². The molecule has 0 aliphatic carbocycles. The van der Waals surface area contributed by atoms with Crippen LogP contribution in [-0.4, -0.2) is 12.1 Å². The molecule has 2 bridgehead atoms. The summed E-state index contributed by atoms with van der Waals surface area (Å²) in [6.45, 7) is 4.28. The fraction of sp³-hybridized carbons (Fsp3) is 0.500. The van der Waals surface area contributed by atoms with E-state index in [2.05, 4.69) is 37.1 Å². The highest BCUT2D eigenvalue weighted by molar-refractivity contribution is 6.31. The average molecular weight is 278 g/mol. The van der Waals surface area contributed by atoms with E-state index >= 15 is 0 Å². The van der Waals surface area contributed by atoms with E-state index in [1.807, 2.05) is 6.07 Å². The van der Waals surface area contributed by atoms with Gasteiger partial charge in [-0.25, -0.2) is 5.06 Å². The van der Waals surface area contributed by atoms with Crippen molar-refractivity contribution in [2.24, 2.45) is 0 Å². The third-order valence-electron chi connectivity index (χ3n) is 4.00. The van der Waals surface area contributed by atoms with Crippen LogP contribution >= 0.6 is 11.6 Å². The summed E-state index contributed by atoms with van der Waals surface area (Å²) in [6, 6.07) is 4.50. The third kappa shape index (κ3) is 2.28.